The number of nitrogens with zero attached hydrogens (tertiary/aromatic N) is 1. The molecular formula is C18H14Cl2N2O6. The van der Waals surface area contributed by atoms with Gasteiger partial charge in [0.25, 0.3) is 5.91 Å². The highest BCUT2D eigenvalue weighted by Crippen LogP contribution is 2.28. The highest BCUT2D eigenvalue weighted by Gasteiger charge is 2.20. The molecule has 1 N–H and O–H groups in total. The lowest BCUT2D eigenvalue weighted by Gasteiger charge is -2.10. The average Bonchev–Trinajstić information content (AvgIpc) is 2.67. The number of methoxy groups -OCH3 is 2. The van der Waals surface area contributed by atoms with Crippen LogP contribution in [0.5, 0.6) is 5.75 Å². The number of rotatable bonds is 6. The number of ether oxygens (including phenoxy) is 2. The summed E-state index contributed by atoms with van der Waals surface area (Å²) < 4.78 is 9.56. The van der Waals surface area contributed by atoms with E-state index in [9.17, 15) is 19.7 Å². The molecular weight excluding hydrogens is 411 g/mol. The summed E-state index contributed by atoms with van der Waals surface area (Å²) in [6.45, 7) is 0. The van der Waals surface area contributed by atoms with E-state index in [0.29, 0.717) is 10.6 Å². The monoisotopic (exact) mass is 424 g/mol. The van der Waals surface area contributed by atoms with Gasteiger partial charge in [0.05, 0.1) is 19.1 Å². The van der Waals surface area contributed by atoms with Crippen LogP contribution >= 0.6 is 23.2 Å². The molecule has 2 rings (SSSR count). The summed E-state index contributed by atoms with van der Waals surface area (Å²) in [5, 5.41) is 14.1. The molecule has 0 spiro atoms. The first kappa shape index (κ1) is 21.2. The molecule has 0 saturated carbocycles. The first-order valence-electron chi connectivity index (χ1n) is 7.65. The van der Waals surface area contributed by atoms with Gasteiger partial charge in [-0.2, -0.15) is 0 Å². The van der Waals surface area contributed by atoms with Crippen molar-refractivity contribution in [3.8, 4) is 5.75 Å². The van der Waals surface area contributed by atoms with Gasteiger partial charge in [0, 0.05) is 21.7 Å². The summed E-state index contributed by atoms with van der Waals surface area (Å²) in [7, 11) is 2.42. The van der Waals surface area contributed by atoms with E-state index in [1.54, 1.807) is 12.1 Å². The quantitative estimate of drug-likeness (QED) is 0.326. The van der Waals surface area contributed by atoms with Gasteiger partial charge in [0.1, 0.15) is 5.70 Å². The van der Waals surface area contributed by atoms with Crippen LogP contribution in [0.15, 0.2) is 42.1 Å². The SMILES string of the molecule is COC(=O)/C(=C/c1ccc(Cl)cc1Cl)NC(=O)c1ccc(OC)c([N+](=O)[O-])c1. The number of esters is 1. The molecule has 0 radical (unpaired) electrons. The van der Waals surface area contributed by atoms with Crippen LogP contribution in [-0.4, -0.2) is 31.0 Å². The molecule has 146 valence electrons. The first-order chi connectivity index (χ1) is 13.3. The van der Waals surface area contributed by atoms with Crippen molar-refractivity contribution in [2.24, 2.45) is 0 Å². The second kappa shape index (κ2) is 9.20. The Bertz CT molecular complexity index is 975. The fourth-order valence-corrected chi connectivity index (χ4v) is 2.66. The Kier molecular flexibility index (Phi) is 6.97. The Morgan fingerprint density at radius 1 is 1.14 bits per heavy atom. The van der Waals surface area contributed by atoms with E-state index in [1.165, 1.54) is 31.4 Å². The predicted molar refractivity (Wildman–Crippen MR) is 104 cm³/mol. The van der Waals surface area contributed by atoms with Crippen molar-refractivity contribution >= 4 is 46.8 Å². The molecule has 0 unspecified atom stereocenters. The second-order valence-corrected chi connectivity index (χ2v) is 6.16. The van der Waals surface area contributed by atoms with E-state index in [1.807, 2.05) is 0 Å². The molecule has 0 bridgehead atoms. The van der Waals surface area contributed by atoms with Gasteiger partial charge in [0.15, 0.2) is 5.75 Å². The number of halogens is 2. The molecule has 2 aromatic rings. The standard InChI is InChI=1S/C18H14Cl2N2O6/c1-27-16-6-4-11(8-15(16)22(25)26)17(23)21-14(18(24)28-2)7-10-3-5-12(19)9-13(10)20/h3-9H,1-2H3,(H,21,23)/b14-7-. The van der Waals surface area contributed by atoms with E-state index in [0.717, 1.165) is 13.2 Å². The number of amides is 1. The van der Waals surface area contributed by atoms with Crippen LogP contribution in [0.1, 0.15) is 15.9 Å². The second-order valence-electron chi connectivity index (χ2n) is 5.31. The molecule has 0 fully saturated rings. The molecule has 0 aliphatic carbocycles. The maximum atomic E-state index is 12.5. The zero-order valence-electron chi connectivity index (χ0n) is 14.7. The number of benzene rings is 2. The number of nitro groups is 1. The van der Waals surface area contributed by atoms with E-state index >= 15 is 0 Å². The van der Waals surface area contributed by atoms with Crippen molar-refractivity contribution in [2.75, 3.05) is 14.2 Å². The van der Waals surface area contributed by atoms with E-state index in [-0.39, 0.29) is 27.7 Å². The van der Waals surface area contributed by atoms with Gasteiger partial charge >= 0.3 is 11.7 Å². The third-order valence-electron chi connectivity index (χ3n) is 3.55. The normalized spacial score (nSPS) is 10.9. The van der Waals surface area contributed by atoms with Crippen molar-refractivity contribution < 1.29 is 24.0 Å². The van der Waals surface area contributed by atoms with Gasteiger partial charge in [-0.05, 0) is 35.9 Å². The predicted octanol–water partition coefficient (Wildman–Crippen LogP) is 3.85. The van der Waals surface area contributed by atoms with Gasteiger partial charge in [-0.25, -0.2) is 4.79 Å². The minimum atomic E-state index is -0.831. The Balaban J connectivity index is 2.38. The van der Waals surface area contributed by atoms with Gasteiger partial charge in [0.2, 0.25) is 0 Å². The Hall–Kier alpha value is -3.10. The lowest BCUT2D eigenvalue weighted by molar-refractivity contribution is -0.385. The number of nitro benzene ring substituents is 1. The number of hydrogen-bond donors (Lipinski definition) is 1. The molecule has 8 nitrogen and oxygen atoms in total. The Labute approximate surface area is 169 Å². The zero-order valence-corrected chi connectivity index (χ0v) is 16.2. The molecule has 0 aromatic heterocycles. The van der Waals surface area contributed by atoms with Crippen LogP contribution in [0.3, 0.4) is 0 Å². The maximum Gasteiger partial charge on any atom is 0.354 e. The summed E-state index contributed by atoms with van der Waals surface area (Å²) in [4.78, 5) is 35.0. The van der Waals surface area contributed by atoms with Crippen LogP contribution in [-0.2, 0) is 9.53 Å². The first-order valence-corrected chi connectivity index (χ1v) is 8.41. The third-order valence-corrected chi connectivity index (χ3v) is 4.12. The molecule has 0 aliphatic heterocycles. The molecule has 0 saturated heterocycles. The molecule has 0 heterocycles. The van der Waals surface area contributed by atoms with Gasteiger partial charge in [-0.15, -0.1) is 0 Å². The maximum absolute atomic E-state index is 12.5. The fraction of sp³-hybridized carbons (Fsp3) is 0.111. The van der Waals surface area contributed by atoms with E-state index < -0.39 is 16.8 Å². The summed E-state index contributed by atoms with van der Waals surface area (Å²) in [5.41, 5.74) is -0.244. The summed E-state index contributed by atoms with van der Waals surface area (Å²) in [5.74, 6) is -1.59. The number of carbonyl (C=O) groups excluding carboxylic acids is 2. The largest absolute Gasteiger partial charge is 0.490 e. The third kappa shape index (κ3) is 4.99. The van der Waals surface area contributed by atoms with Gasteiger partial charge < -0.3 is 14.8 Å². The molecule has 2 aromatic carbocycles. The number of carbonyl (C=O) groups is 2. The van der Waals surface area contributed by atoms with Crippen molar-refractivity contribution in [2.45, 2.75) is 0 Å². The Morgan fingerprint density at radius 3 is 2.43 bits per heavy atom. The average molecular weight is 425 g/mol. The van der Waals surface area contributed by atoms with Crippen LogP contribution in [0.25, 0.3) is 6.08 Å². The highest BCUT2D eigenvalue weighted by atomic mass is 35.5. The lowest BCUT2D eigenvalue weighted by atomic mass is 10.1. The molecule has 1 amide bonds. The van der Waals surface area contributed by atoms with Crippen molar-refractivity contribution in [3.05, 3.63) is 73.4 Å². The van der Waals surface area contributed by atoms with Gasteiger partial charge in [-0.1, -0.05) is 29.3 Å². The van der Waals surface area contributed by atoms with Crippen LogP contribution in [0, 0.1) is 10.1 Å². The van der Waals surface area contributed by atoms with Crippen LogP contribution < -0.4 is 10.1 Å². The number of hydrogen-bond acceptors (Lipinski definition) is 6. The molecule has 10 heteroatoms. The molecule has 28 heavy (non-hydrogen) atoms. The summed E-state index contributed by atoms with van der Waals surface area (Å²) in [6, 6.07) is 8.23. The number of nitrogens with one attached hydrogen (secondary N) is 1. The van der Waals surface area contributed by atoms with Crippen molar-refractivity contribution in [1.82, 2.24) is 5.32 Å². The fourth-order valence-electron chi connectivity index (χ4n) is 2.20. The summed E-state index contributed by atoms with van der Waals surface area (Å²) in [6.07, 6.45) is 1.31. The van der Waals surface area contributed by atoms with Crippen molar-refractivity contribution in [3.63, 3.8) is 0 Å². The topological polar surface area (TPSA) is 108 Å². The van der Waals surface area contributed by atoms with Crippen molar-refractivity contribution in [1.29, 1.82) is 0 Å². The van der Waals surface area contributed by atoms with Gasteiger partial charge in [-0.3, -0.25) is 14.9 Å². The minimum absolute atomic E-state index is 0.00164. The smallest absolute Gasteiger partial charge is 0.354 e. The van der Waals surface area contributed by atoms with Crippen LogP contribution in [0.4, 0.5) is 5.69 Å². The molecule has 0 aliphatic rings. The van der Waals surface area contributed by atoms with Crippen LogP contribution in [0.2, 0.25) is 10.0 Å². The lowest BCUT2D eigenvalue weighted by Crippen LogP contribution is -2.28. The minimum Gasteiger partial charge on any atom is -0.490 e. The molecule has 0 atom stereocenters. The van der Waals surface area contributed by atoms with E-state index in [4.69, 9.17) is 27.9 Å². The highest BCUT2D eigenvalue weighted by molar-refractivity contribution is 6.35. The van der Waals surface area contributed by atoms with E-state index in [2.05, 4.69) is 10.1 Å². The zero-order chi connectivity index (χ0) is 20.8. The summed E-state index contributed by atoms with van der Waals surface area (Å²) >= 11 is 11.9. The Morgan fingerprint density at radius 2 is 1.86 bits per heavy atom.